The Hall–Kier alpha value is -3.20. The molecule has 0 bridgehead atoms. The molecule has 4 N–H and O–H groups in total. The third kappa shape index (κ3) is 3.61. The number of carbonyl (C=O) groups excluding carboxylic acids is 1. The molecule has 2 amide bonds. The van der Waals surface area contributed by atoms with E-state index < -0.39 is 0 Å². The van der Waals surface area contributed by atoms with Crippen molar-refractivity contribution in [1.82, 2.24) is 25.4 Å². The van der Waals surface area contributed by atoms with E-state index in [-0.39, 0.29) is 24.4 Å². The van der Waals surface area contributed by atoms with Crippen LogP contribution in [0.2, 0.25) is 0 Å². The van der Waals surface area contributed by atoms with E-state index in [4.69, 9.17) is 5.73 Å². The highest BCUT2D eigenvalue weighted by atomic mass is 19.1. The second-order valence-corrected chi connectivity index (χ2v) is 7.42. The number of anilines is 1. The van der Waals surface area contributed by atoms with Crippen LogP contribution in [0.25, 0.3) is 22.2 Å². The van der Waals surface area contributed by atoms with Gasteiger partial charge in [0.15, 0.2) is 11.5 Å². The molecule has 152 valence electrons. The number of benzene rings is 1. The van der Waals surface area contributed by atoms with Crippen LogP contribution >= 0.6 is 0 Å². The molecule has 0 aliphatic carbocycles. The molecule has 9 heteroatoms. The first-order valence-corrected chi connectivity index (χ1v) is 9.52. The molecule has 0 spiro atoms. The van der Waals surface area contributed by atoms with Gasteiger partial charge in [-0.3, -0.25) is 5.10 Å². The molecule has 0 radical (unpaired) electrons. The topological polar surface area (TPSA) is 103 Å². The molecule has 1 unspecified atom stereocenters. The minimum absolute atomic E-state index is 0.0399. The average molecular weight is 397 g/mol. The van der Waals surface area contributed by atoms with Gasteiger partial charge >= 0.3 is 6.03 Å². The van der Waals surface area contributed by atoms with Crippen molar-refractivity contribution in [3.8, 4) is 11.1 Å². The van der Waals surface area contributed by atoms with Crippen LogP contribution in [0, 0.1) is 5.82 Å². The number of nitrogens with one attached hydrogen (secondary N) is 2. The van der Waals surface area contributed by atoms with Gasteiger partial charge in [-0.1, -0.05) is 12.1 Å². The highest BCUT2D eigenvalue weighted by Gasteiger charge is 2.28. The lowest BCUT2D eigenvalue weighted by molar-refractivity contribution is 0.214. The molecule has 1 aliphatic heterocycles. The number of aromatic amines is 1. The van der Waals surface area contributed by atoms with Gasteiger partial charge in [0.2, 0.25) is 0 Å². The smallest absolute Gasteiger partial charge is 0.317 e. The number of rotatable bonds is 4. The summed E-state index contributed by atoms with van der Waals surface area (Å²) in [6.07, 6.45) is 2.50. The van der Waals surface area contributed by atoms with Gasteiger partial charge in [0.1, 0.15) is 5.82 Å². The van der Waals surface area contributed by atoms with Crippen molar-refractivity contribution in [3.05, 3.63) is 41.8 Å². The number of pyridine rings is 1. The Morgan fingerprint density at radius 2 is 2.24 bits per heavy atom. The first-order chi connectivity index (χ1) is 14.0. The summed E-state index contributed by atoms with van der Waals surface area (Å²) in [7, 11) is 3.44. The molecule has 1 aromatic carbocycles. The maximum absolute atomic E-state index is 14.3. The van der Waals surface area contributed by atoms with E-state index >= 15 is 0 Å². The molecule has 1 fully saturated rings. The molecule has 8 nitrogen and oxygen atoms in total. The molecule has 1 atom stereocenters. The summed E-state index contributed by atoms with van der Waals surface area (Å²) in [6, 6.07) is 6.86. The minimum atomic E-state index is -0.326. The quantitative estimate of drug-likeness (QED) is 0.625. The summed E-state index contributed by atoms with van der Waals surface area (Å²) in [5, 5.41) is 11.3. The van der Waals surface area contributed by atoms with Gasteiger partial charge in [-0.25, -0.2) is 14.2 Å². The van der Waals surface area contributed by atoms with Crippen LogP contribution < -0.4 is 16.0 Å². The van der Waals surface area contributed by atoms with Crippen molar-refractivity contribution in [2.75, 3.05) is 32.1 Å². The van der Waals surface area contributed by atoms with Crippen LogP contribution in [-0.2, 0) is 6.54 Å². The lowest BCUT2D eigenvalue weighted by Crippen LogP contribution is -2.42. The molecule has 2 aromatic heterocycles. The van der Waals surface area contributed by atoms with Gasteiger partial charge in [-0.2, -0.15) is 5.10 Å². The Labute approximate surface area is 167 Å². The number of hydrogen-bond acceptors (Lipinski definition) is 5. The average Bonchev–Trinajstić information content (AvgIpc) is 3.34. The SMILES string of the molecule is CN(C)C(=O)NC1CCN(c2n[nH]c3nccc(-c4ccc(CN)c(F)c4)c23)C1. The van der Waals surface area contributed by atoms with Crippen molar-refractivity contribution in [2.24, 2.45) is 5.73 Å². The van der Waals surface area contributed by atoms with E-state index in [1.54, 1.807) is 26.4 Å². The lowest BCUT2D eigenvalue weighted by atomic mass is 10.0. The number of halogens is 1. The zero-order chi connectivity index (χ0) is 20.5. The molecular formula is C20H24FN7O. The highest BCUT2D eigenvalue weighted by Crippen LogP contribution is 2.35. The van der Waals surface area contributed by atoms with Gasteiger partial charge in [0.25, 0.3) is 0 Å². The second-order valence-electron chi connectivity index (χ2n) is 7.42. The summed E-state index contributed by atoms with van der Waals surface area (Å²) < 4.78 is 14.3. The molecule has 0 saturated carbocycles. The van der Waals surface area contributed by atoms with Crippen LogP contribution in [0.15, 0.2) is 30.5 Å². The second kappa shape index (κ2) is 7.67. The van der Waals surface area contributed by atoms with E-state index in [1.807, 2.05) is 12.1 Å². The van der Waals surface area contributed by atoms with Gasteiger partial charge in [0, 0.05) is 51.5 Å². The third-order valence-corrected chi connectivity index (χ3v) is 5.25. The lowest BCUT2D eigenvalue weighted by Gasteiger charge is -2.19. The zero-order valence-corrected chi connectivity index (χ0v) is 16.4. The van der Waals surface area contributed by atoms with Crippen LogP contribution in [-0.4, -0.2) is 59.3 Å². The fourth-order valence-electron chi connectivity index (χ4n) is 3.66. The van der Waals surface area contributed by atoms with Crippen molar-refractivity contribution in [3.63, 3.8) is 0 Å². The number of nitrogens with zero attached hydrogens (tertiary/aromatic N) is 4. The number of fused-ring (bicyclic) bond motifs is 1. The Morgan fingerprint density at radius 3 is 2.97 bits per heavy atom. The molecule has 4 rings (SSSR count). The zero-order valence-electron chi connectivity index (χ0n) is 16.4. The van der Waals surface area contributed by atoms with E-state index in [0.717, 1.165) is 35.3 Å². The molecular weight excluding hydrogens is 373 g/mol. The van der Waals surface area contributed by atoms with E-state index in [1.165, 1.54) is 11.0 Å². The fraction of sp³-hybridized carbons (Fsp3) is 0.350. The van der Waals surface area contributed by atoms with Crippen LogP contribution in [0.3, 0.4) is 0 Å². The summed E-state index contributed by atoms with van der Waals surface area (Å²) in [5.41, 5.74) is 8.29. The van der Waals surface area contributed by atoms with Crippen LogP contribution in [0.5, 0.6) is 0 Å². The Morgan fingerprint density at radius 1 is 1.41 bits per heavy atom. The van der Waals surface area contributed by atoms with Gasteiger partial charge in [-0.05, 0) is 29.7 Å². The Balaban J connectivity index is 1.67. The maximum Gasteiger partial charge on any atom is 0.317 e. The van der Waals surface area contributed by atoms with Crippen molar-refractivity contribution in [1.29, 1.82) is 0 Å². The molecule has 3 heterocycles. The molecule has 1 saturated heterocycles. The molecule has 1 aliphatic rings. The number of carbonyl (C=O) groups is 1. The van der Waals surface area contributed by atoms with Gasteiger partial charge in [-0.15, -0.1) is 0 Å². The predicted octanol–water partition coefficient (Wildman–Crippen LogP) is 2.07. The highest BCUT2D eigenvalue weighted by molar-refractivity contribution is 6.00. The standard InChI is InChI=1S/C20H24FN7O/c1-27(2)20(29)24-14-6-8-28(11-14)19-17-15(5-7-23-18(17)25-26-19)12-3-4-13(10-22)16(21)9-12/h3-5,7,9,14H,6,8,10-11,22H2,1-2H3,(H,24,29)(H,23,25,26). The van der Waals surface area contributed by atoms with Crippen LogP contribution in [0.4, 0.5) is 15.0 Å². The van der Waals surface area contributed by atoms with Crippen molar-refractivity contribution in [2.45, 2.75) is 19.0 Å². The molecule has 29 heavy (non-hydrogen) atoms. The fourth-order valence-corrected chi connectivity index (χ4v) is 3.66. The normalized spacial score (nSPS) is 16.4. The van der Waals surface area contributed by atoms with E-state index in [0.29, 0.717) is 17.8 Å². The number of amides is 2. The van der Waals surface area contributed by atoms with Crippen LogP contribution in [0.1, 0.15) is 12.0 Å². The number of nitrogens with two attached hydrogens (primary N) is 1. The van der Waals surface area contributed by atoms with E-state index in [9.17, 15) is 9.18 Å². The first kappa shape index (κ1) is 19.1. The van der Waals surface area contributed by atoms with Gasteiger partial charge in [0.05, 0.1) is 5.39 Å². The summed E-state index contributed by atoms with van der Waals surface area (Å²) in [6.45, 7) is 1.56. The Bertz CT molecular complexity index is 1050. The molecule has 3 aromatic rings. The summed E-state index contributed by atoms with van der Waals surface area (Å²) >= 11 is 0. The predicted molar refractivity (Wildman–Crippen MR) is 110 cm³/mol. The first-order valence-electron chi connectivity index (χ1n) is 9.52. The Kier molecular flexibility index (Phi) is 5.06. The summed E-state index contributed by atoms with van der Waals surface area (Å²) in [5.74, 6) is 0.431. The number of H-pyrrole nitrogens is 1. The van der Waals surface area contributed by atoms with Crippen molar-refractivity contribution >= 4 is 22.9 Å². The minimum Gasteiger partial charge on any atom is -0.352 e. The largest absolute Gasteiger partial charge is 0.352 e. The van der Waals surface area contributed by atoms with Gasteiger partial charge < -0.3 is 20.9 Å². The third-order valence-electron chi connectivity index (χ3n) is 5.25. The maximum atomic E-state index is 14.3. The summed E-state index contributed by atoms with van der Waals surface area (Å²) in [4.78, 5) is 20.0. The number of aromatic nitrogens is 3. The number of hydrogen-bond donors (Lipinski definition) is 3. The van der Waals surface area contributed by atoms with E-state index in [2.05, 4.69) is 25.4 Å². The monoisotopic (exact) mass is 397 g/mol. The number of urea groups is 1. The van der Waals surface area contributed by atoms with Crippen molar-refractivity contribution < 1.29 is 9.18 Å².